The molecule has 7 heteroatoms. The van der Waals surface area contributed by atoms with Gasteiger partial charge in [-0.3, -0.25) is 9.78 Å². The van der Waals surface area contributed by atoms with E-state index in [0.717, 1.165) is 35.2 Å². The molecule has 1 atom stereocenters. The number of carbonyl (C=O) groups excluding carboxylic acids is 1. The van der Waals surface area contributed by atoms with Crippen molar-refractivity contribution in [2.24, 2.45) is 0 Å². The van der Waals surface area contributed by atoms with Gasteiger partial charge in [0.25, 0.3) is 5.91 Å². The minimum absolute atomic E-state index is 0.0765. The molecule has 6 nitrogen and oxygen atoms in total. The predicted octanol–water partition coefficient (Wildman–Crippen LogP) is 4.04. The van der Waals surface area contributed by atoms with Gasteiger partial charge in [0.2, 0.25) is 0 Å². The predicted molar refractivity (Wildman–Crippen MR) is 110 cm³/mol. The van der Waals surface area contributed by atoms with E-state index in [1.165, 1.54) is 12.1 Å². The number of likely N-dealkylation sites (tertiary alicyclic amines) is 1. The van der Waals surface area contributed by atoms with Gasteiger partial charge in [0.1, 0.15) is 5.82 Å². The van der Waals surface area contributed by atoms with Crippen molar-refractivity contribution in [1.29, 1.82) is 0 Å². The Kier molecular flexibility index (Phi) is 5.70. The lowest BCUT2D eigenvalue weighted by Crippen LogP contribution is -2.35. The zero-order valence-corrected chi connectivity index (χ0v) is 17.0. The maximum atomic E-state index is 13.8. The lowest BCUT2D eigenvalue weighted by Gasteiger charge is -2.26. The zero-order chi connectivity index (χ0) is 21.1. The summed E-state index contributed by atoms with van der Waals surface area (Å²) >= 11 is 0. The molecule has 0 aliphatic carbocycles. The highest BCUT2D eigenvalue weighted by Crippen LogP contribution is 2.37. The first-order valence-corrected chi connectivity index (χ1v) is 9.96. The summed E-state index contributed by atoms with van der Waals surface area (Å²) < 4.78 is 19.3. The summed E-state index contributed by atoms with van der Waals surface area (Å²) in [6.45, 7) is 4.23. The van der Waals surface area contributed by atoms with Crippen LogP contribution in [0.4, 0.5) is 4.39 Å². The van der Waals surface area contributed by atoms with E-state index in [9.17, 15) is 9.18 Å². The molecule has 1 amide bonds. The fraction of sp³-hybridized carbons (Fsp3) is 0.304. The maximum absolute atomic E-state index is 13.8. The van der Waals surface area contributed by atoms with Gasteiger partial charge >= 0.3 is 0 Å². The van der Waals surface area contributed by atoms with E-state index in [1.54, 1.807) is 29.4 Å². The van der Waals surface area contributed by atoms with Crippen LogP contribution in [0.3, 0.4) is 0 Å². The standard InChI is InChI=1S/C23H23FN4O2/c1-15-12-25-10-9-17(15)18-13-26-16(2)27-23(18)20-7-5-11-28(20)22(29)14-30-21-8-4-3-6-19(21)24/h3-4,6,8-10,12-13,20H,5,7,11,14H2,1-2H3/t20-/m0/s1. The van der Waals surface area contributed by atoms with Gasteiger partial charge in [-0.1, -0.05) is 12.1 Å². The minimum Gasteiger partial charge on any atom is -0.481 e. The second kappa shape index (κ2) is 8.57. The van der Waals surface area contributed by atoms with Crippen LogP contribution >= 0.6 is 0 Å². The molecule has 2 aromatic heterocycles. The third-order valence-corrected chi connectivity index (χ3v) is 5.33. The molecule has 1 aliphatic heterocycles. The topological polar surface area (TPSA) is 68.2 Å². The molecule has 0 radical (unpaired) electrons. The van der Waals surface area contributed by atoms with Gasteiger partial charge in [0, 0.05) is 30.7 Å². The third-order valence-electron chi connectivity index (χ3n) is 5.33. The highest BCUT2D eigenvalue weighted by Gasteiger charge is 2.33. The van der Waals surface area contributed by atoms with Crippen LogP contribution in [-0.2, 0) is 4.79 Å². The maximum Gasteiger partial charge on any atom is 0.261 e. The number of hydrogen-bond donors (Lipinski definition) is 0. The number of pyridine rings is 1. The van der Waals surface area contributed by atoms with Crippen LogP contribution in [0.15, 0.2) is 48.9 Å². The summed E-state index contributed by atoms with van der Waals surface area (Å²) in [5.41, 5.74) is 3.75. The number of carbonyl (C=O) groups is 1. The SMILES string of the molecule is Cc1ncc(-c2ccncc2C)c([C@@H]2CCCN2C(=O)COc2ccccc2F)n1. The van der Waals surface area contributed by atoms with Crippen molar-refractivity contribution in [3.05, 3.63) is 71.8 Å². The van der Waals surface area contributed by atoms with Crippen LogP contribution in [0.2, 0.25) is 0 Å². The van der Waals surface area contributed by atoms with Gasteiger partial charge < -0.3 is 9.64 Å². The van der Waals surface area contributed by atoms with E-state index >= 15 is 0 Å². The number of amides is 1. The van der Waals surface area contributed by atoms with Gasteiger partial charge in [-0.15, -0.1) is 0 Å². The van der Waals surface area contributed by atoms with E-state index in [-0.39, 0.29) is 24.3 Å². The lowest BCUT2D eigenvalue weighted by molar-refractivity contribution is -0.134. The fourth-order valence-electron chi connectivity index (χ4n) is 3.86. The Bertz CT molecular complexity index is 1070. The quantitative estimate of drug-likeness (QED) is 0.640. The largest absolute Gasteiger partial charge is 0.481 e. The van der Waals surface area contributed by atoms with Gasteiger partial charge in [-0.2, -0.15) is 0 Å². The van der Waals surface area contributed by atoms with E-state index in [2.05, 4.69) is 9.97 Å². The molecule has 1 saturated heterocycles. The van der Waals surface area contributed by atoms with E-state index in [0.29, 0.717) is 12.4 Å². The summed E-state index contributed by atoms with van der Waals surface area (Å²) in [6.07, 6.45) is 7.04. The molecule has 3 heterocycles. The Balaban J connectivity index is 1.61. The monoisotopic (exact) mass is 406 g/mol. The molecule has 1 aliphatic rings. The van der Waals surface area contributed by atoms with Crippen molar-refractivity contribution >= 4 is 5.91 Å². The van der Waals surface area contributed by atoms with Crippen LogP contribution in [0.25, 0.3) is 11.1 Å². The Morgan fingerprint density at radius 2 is 2.03 bits per heavy atom. The Morgan fingerprint density at radius 1 is 1.20 bits per heavy atom. The molecule has 1 aromatic carbocycles. The second-order valence-corrected chi connectivity index (χ2v) is 7.37. The Hall–Kier alpha value is -3.35. The second-order valence-electron chi connectivity index (χ2n) is 7.37. The summed E-state index contributed by atoms with van der Waals surface area (Å²) in [7, 11) is 0. The van der Waals surface area contributed by atoms with Crippen molar-refractivity contribution in [3.8, 4) is 16.9 Å². The van der Waals surface area contributed by atoms with Crippen molar-refractivity contribution < 1.29 is 13.9 Å². The number of aromatic nitrogens is 3. The molecule has 3 aromatic rings. The lowest BCUT2D eigenvalue weighted by atomic mass is 9.97. The first kappa shape index (κ1) is 19.9. The molecule has 0 spiro atoms. The smallest absolute Gasteiger partial charge is 0.261 e. The van der Waals surface area contributed by atoms with Gasteiger partial charge in [0.15, 0.2) is 18.2 Å². The van der Waals surface area contributed by atoms with Crippen molar-refractivity contribution in [2.45, 2.75) is 32.7 Å². The minimum atomic E-state index is -0.481. The Morgan fingerprint density at radius 3 is 2.83 bits per heavy atom. The van der Waals surface area contributed by atoms with Gasteiger partial charge in [-0.05, 0) is 56.0 Å². The molecule has 0 bridgehead atoms. The van der Waals surface area contributed by atoms with E-state index in [4.69, 9.17) is 9.72 Å². The average molecular weight is 406 g/mol. The third kappa shape index (κ3) is 4.01. The summed E-state index contributed by atoms with van der Waals surface area (Å²) in [5.74, 6) is 0.0644. The van der Waals surface area contributed by atoms with Gasteiger partial charge in [-0.25, -0.2) is 14.4 Å². The van der Waals surface area contributed by atoms with Crippen molar-refractivity contribution in [3.63, 3.8) is 0 Å². The number of nitrogens with zero attached hydrogens (tertiary/aromatic N) is 4. The zero-order valence-electron chi connectivity index (χ0n) is 17.0. The van der Waals surface area contributed by atoms with Crippen LogP contribution in [-0.4, -0.2) is 38.9 Å². The molecule has 4 rings (SSSR count). The van der Waals surface area contributed by atoms with Crippen LogP contribution in [0.5, 0.6) is 5.75 Å². The van der Waals surface area contributed by atoms with Crippen LogP contribution < -0.4 is 4.74 Å². The number of benzene rings is 1. The number of rotatable bonds is 5. The molecular formula is C23H23FN4O2. The summed E-state index contributed by atoms with van der Waals surface area (Å²) in [5, 5.41) is 0. The molecule has 154 valence electrons. The number of halogens is 1. The molecule has 1 fully saturated rings. The molecular weight excluding hydrogens is 383 g/mol. The summed E-state index contributed by atoms with van der Waals surface area (Å²) in [6, 6.07) is 7.85. The van der Waals surface area contributed by atoms with E-state index in [1.807, 2.05) is 26.1 Å². The fourth-order valence-corrected chi connectivity index (χ4v) is 3.86. The van der Waals surface area contributed by atoms with Crippen LogP contribution in [0, 0.1) is 19.7 Å². The highest BCUT2D eigenvalue weighted by atomic mass is 19.1. The Labute approximate surface area is 174 Å². The van der Waals surface area contributed by atoms with E-state index < -0.39 is 5.82 Å². The average Bonchev–Trinajstić information content (AvgIpc) is 3.23. The molecule has 0 unspecified atom stereocenters. The molecule has 0 saturated carbocycles. The van der Waals surface area contributed by atoms with Gasteiger partial charge in [0.05, 0.1) is 11.7 Å². The normalized spacial score (nSPS) is 16.0. The number of ether oxygens (including phenoxy) is 1. The van der Waals surface area contributed by atoms with Crippen molar-refractivity contribution in [1.82, 2.24) is 19.9 Å². The number of aryl methyl sites for hydroxylation is 2. The summed E-state index contributed by atoms with van der Waals surface area (Å²) in [4.78, 5) is 28.0. The first-order chi connectivity index (χ1) is 14.5. The number of para-hydroxylation sites is 1. The van der Waals surface area contributed by atoms with Crippen LogP contribution in [0.1, 0.15) is 36.0 Å². The molecule has 0 N–H and O–H groups in total. The number of hydrogen-bond acceptors (Lipinski definition) is 5. The first-order valence-electron chi connectivity index (χ1n) is 9.96. The molecule has 30 heavy (non-hydrogen) atoms. The highest BCUT2D eigenvalue weighted by molar-refractivity contribution is 5.79. The van der Waals surface area contributed by atoms with Crippen molar-refractivity contribution in [2.75, 3.05) is 13.2 Å².